The third-order valence-corrected chi connectivity index (χ3v) is 2.65. The summed E-state index contributed by atoms with van der Waals surface area (Å²) in [5.74, 6) is 0.844. The monoisotopic (exact) mass is 246 g/mol. The lowest BCUT2D eigenvalue weighted by Crippen LogP contribution is -2.13. The first-order chi connectivity index (χ1) is 8.66. The Morgan fingerprint density at radius 2 is 2.28 bits per heavy atom. The predicted octanol–water partition coefficient (Wildman–Crippen LogP) is 1.92. The van der Waals surface area contributed by atoms with Gasteiger partial charge in [0.25, 0.3) is 5.69 Å². The molecule has 0 saturated carbocycles. The van der Waals surface area contributed by atoms with E-state index in [0.717, 1.165) is 11.4 Å². The summed E-state index contributed by atoms with van der Waals surface area (Å²) in [6.45, 7) is 2.91. The highest BCUT2D eigenvalue weighted by atomic mass is 16.6. The summed E-state index contributed by atoms with van der Waals surface area (Å²) in [5.41, 5.74) is 1.72. The Kier molecular flexibility index (Phi) is 3.69. The van der Waals surface area contributed by atoms with Crippen molar-refractivity contribution in [2.75, 3.05) is 0 Å². The number of aromatic amines is 1. The summed E-state index contributed by atoms with van der Waals surface area (Å²) in [7, 11) is 0. The van der Waals surface area contributed by atoms with Crippen LogP contribution >= 0.6 is 0 Å². The number of rotatable bonds is 5. The Balaban J connectivity index is 1.97. The Morgan fingerprint density at radius 1 is 1.44 bits per heavy atom. The average molecular weight is 246 g/mol. The lowest BCUT2D eigenvalue weighted by molar-refractivity contribution is -0.385. The van der Waals surface area contributed by atoms with Gasteiger partial charge in [0, 0.05) is 30.6 Å². The van der Waals surface area contributed by atoms with Crippen molar-refractivity contribution < 1.29 is 4.92 Å². The molecule has 0 saturated heterocycles. The average Bonchev–Trinajstić information content (AvgIpc) is 2.84. The van der Waals surface area contributed by atoms with E-state index in [-0.39, 0.29) is 10.6 Å². The van der Waals surface area contributed by atoms with Crippen LogP contribution in [-0.4, -0.2) is 14.9 Å². The zero-order valence-corrected chi connectivity index (χ0v) is 10.0. The van der Waals surface area contributed by atoms with E-state index >= 15 is 0 Å². The van der Waals surface area contributed by atoms with Crippen LogP contribution < -0.4 is 5.32 Å². The Bertz CT molecular complexity index is 537. The van der Waals surface area contributed by atoms with E-state index in [1.807, 2.05) is 6.07 Å². The third-order valence-electron chi connectivity index (χ3n) is 2.65. The third kappa shape index (κ3) is 2.92. The molecule has 2 N–H and O–H groups in total. The molecule has 0 fully saturated rings. The van der Waals surface area contributed by atoms with Crippen LogP contribution in [0.1, 0.15) is 17.0 Å². The van der Waals surface area contributed by atoms with Crippen molar-refractivity contribution in [3.05, 3.63) is 57.7 Å². The van der Waals surface area contributed by atoms with Gasteiger partial charge in [-0.3, -0.25) is 10.1 Å². The van der Waals surface area contributed by atoms with Gasteiger partial charge in [-0.25, -0.2) is 4.98 Å². The second-order valence-electron chi connectivity index (χ2n) is 4.02. The zero-order chi connectivity index (χ0) is 13.0. The number of aromatic nitrogens is 2. The molecule has 0 amide bonds. The van der Waals surface area contributed by atoms with Gasteiger partial charge in [-0.2, -0.15) is 0 Å². The second kappa shape index (κ2) is 5.42. The van der Waals surface area contributed by atoms with Crippen LogP contribution in [0.3, 0.4) is 0 Å². The molecule has 0 aliphatic heterocycles. The highest BCUT2D eigenvalue weighted by Gasteiger charge is 2.10. The van der Waals surface area contributed by atoms with Crippen molar-refractivity contribution >= 4 is 5.69 Å². The SMILES string of the molecule is Cc1ccc(CNCc2ncc[nH]2)cc1[N+](=O)[O-]. The molecule has 0 spiro atoms. The molecule has 18 heavy (non-hydrogen) atoms. The van der Waals surface area contributed by atoms with E-state index in [1.54, 1.807) is 31.5 Å². The Morgan fingerprint density at radius 3 is 2.94 bits per heavy atom. The number of hydrogen-bond acceptors (Lipinski definition) is 4. The maximum atomic E-state index is 10.8. The quantitative estimate of drug-likeness (QED) is 0.623. The molecule has 0 unspecified atom stereocenters. The fourth-order valence-corrected chi connectivity index (χ4v) is 1.68. The molecule has 2 rings (SSSR count). The maximum absolute atomic E-state index is 10.8. The van der Waals surface area contributed by atoms with Gasteiger partial charge in [0.05, 0.1) is 11.5 Å². The molecule has 0 aliphatic rings. The number of imidazole rings is 1. The van der Waals surface area contributed by atoms with Gasteiger partial charge < -0.3 is 10.3 Å². The molecule has 1 aromatic heterocycles. The van der Waals surface area contributed by atoms with Crippen LogP contribution in [0.25, 0.3) is 0 Å². The number of nitro benzene ring substituents is 1. The summed E-state index contributed by atoms with van der Waals surface area (Å²) in [5, 5.41) is 14.0. The fourth-order valence-electron chi connectivity index (χ4n) is 1.68. The summed E-state index contributed by atoms with van der Waals surface area (Å²) in [6.07, 6.45) is 3.45. The smallest absolute Gasteiger partial charge is 0.272 e. The van der Waals surface area contributed by atoms with E-state index in [1.165, 1.54) is 0 Å². The van der Waals surface area contributed by atoms with Crippen molar-refractivity contribution in [2.24, 2.45) is 0 Å². The highest BCUT2D eigenvalue weighted by molar-refractivity contribution is 5.42. The van der Waals surface area contributed by atoms with Crippen molar-refractivity contribution in [3.63, 3.8) is 0 Å². The Hall–Kier alpha value is -2.21. The van der Waals surface area contributed by atoms with Gasteiger partial charge >= 0.3 is 0 Å². The molecule has 1 aromatic carbocycles. The normalized spacial score (nSPS) is 10.5. The van der Waals surface area contributed by atoms with Crippen LogP contribution in [0, 0.1) is 17.0 Å². The number of nitrogens with zero attached hydrogens (tertiary/aromatic N) is 2. The van der Waals surface area contributed by atoms with E-state index in [2.05, 4.69) is 15.3 Å². The number of nitrogens with one attached hydrogen (secondary N) is 2. The van der Waals surface area contributed by atoms with Crippen molar-refractivity contribution in [1.29, 1.82) is 0 Å². The maximum Gasteiger partial charge on any atom is 0.272 e. The molecule has 0 atom stereocenters. The van der Waals surface area contributed by atoms with Crippen molar-refractivity contribution in [1.82, 2.24) is 15.3 Å². The van der Waals surface area contributed by atoms with Gasteiger partial charge in [0.2, 0.25) is 0 Å². The first kappa shape index (κ1) is 12.3. The largest absolute Gasteiger partial charge is 0.348 e. The molecule has 1 heterocycles. The van der Waals surface area contributed by atoms with Gasteiger partial charge in [0.1, 0.15) is 5.82 Å². The first-order valence-corrected chi connectivity index (χ1v) is 5.59. The molecule has 2 aromatic rings. The van der Waals surface area contributed by atoms with Gasteiger partial charge in [0.15, 0.2) is 0 Å². The molecule has 6 heteroatoms. The molecular formula is C12H14N4O2. The van der Waals surface area contributed by atoms with Gasteiger partial charge in [-0.05, 0) is 12.5 Å². The summed E-state index contributed by atoms with van der Waals surface area (Å²) < 4.78 is 0. The molecule has 0 radical (unpaired) electrons. The summed E-state index contributed by atoms with van der Waals surface area (Å²) in [6, 6.07) is 5.25. The van der Waals surface area contributed by atoms with Crippen molar-refractivity contribution in [2.45, 2.75) is 20.0 Å². The van der Waals surface area contributed by atoms with E-state index in [9.17, 15) is 10.1 Å². The minimum absolute atomic E-state index is 0.160. The number of H-pyrrole nitrogens is 1. The predicted molar refractivity (Wildman–Crippen MR) is 67.0 cm³/mol. The Labute approximate surface area is 104 Å². The number of hydrogen-bond donors (Lipinski definition) is 2. The highest BCUT2D eigenvalue weighted by Crippen LogP contribution is 2.19. The van der Waals surface area contributed by atoms with Crippen LogP contribution in [-0.2, 0) is 13.1 Å². The topological polar surface area (TPSA) is 83.8 Å². The zero-order valence-electron chi connectivity index (χ0n) is 10.0. The van der Waals surface area contributed by atoms with E-state index in [0.29, 0.717) is 18.7 Å². The van der Waals surface area contributed by atoms with E-state index in [4.69, 9.17) is 0 Å². The molecule has 6 nitrogen and oxygen atoms in total. The molecule has 0 bridgehead atoms. The minimum atomic E-state index is -0.356. The van der Waals surface area contributed by atoms with E-state index < -0.39 is 0 Å². The lowest BCUT2D eigenvalue weighted by atomic mass is 10.1. The number of benzene rings is 1. The van der Waals surface area contributed by atoms with Crippen molar-refractivity contribution in [3.8, 4) is 0 Å². The molecule has 0 aliphatic carbocycles. The number of nitro groups is 1. The van der Waals surface area contributed by atoms with Crippen LogP contribution in [0.5, 0.6) is 0 Å². The summed E-state index contributed by atoms with van der Waals surface area (Å²) in [4.78, 5) is 17.5. The minimum Gasteiger partial charge on any atom is -0.348 e. The first-order valence-electron chi connectivity index (χ1n) is 5.59. The van der Waals surface area contributed by atoms with Crippen LogP contribution in [0.4, 0.5) is 5.69 Å². The molecular weight excluding hydrogens is 232 g/mol. The van der Waals surface area contributed by atoms with Gasteiger partial charge in [-0.15, -0.1) is 0 Å². The standard InChI is InChI=1S/C12H14N4O2/c1-9-2-3-10(6-11(9)16(17)18)7-13-8-12-14-4-5-15-12/h2-6,13H,7-8H2,1H3,(H,14,15). The fraction of sp³-hybridized carbons (Fsp3) is 0.250. The summed E-state index contributed by atoms with van der Waals surface area (Å²) >= 11 is 0. The van der Waals surface area contributed by atoms with Crippen LogP contribution in [0.2, 0.25) is 0 Å². The van der Waals surface area contributed by atoms with Gasteiger partial charge in [-0.1, -0.05) is 12.1 Å². The molecule has 94 valence electrons. The second-order valence-corrected chi connectivity index (χ2v) is 4.02. The van der Waals surface area contributed by atoms with Crippen LogP contribution in [0.15, 0.2) is 30.6 Å². The number of aryl methyl sites for hydroxylation is 1. The lowest BCUT2D eigenvalue weighted by Gasteiger charge is -2.04.